The van der Waals surface area contributed by atoms with Gasteiger partial charge in [-0.3, -0.25) is 4.98 Å². The predicted octanol–water partition coefficient (Wildman–Crippen LogP) is 1.92. The summed E-state index contributed by atoms with van der Waals surface area (Å²) < 4.78 is 0. The van der Waals surface area contributed by atoms with E-state index in [0.29, 0.717) is 0 Å². The van der Waals surface area contributed by atoms with Crippen molar-refractivity contribution in [2.75, 3.05) is 0 Å². The molecule has 0 saturated carbocycles. The number of hydrogen-bond acceptors (Lipinski definition) is 2. The molecule has 0 saturated heterocycles. The van der Waals surface area contributed by atoms with E-state index in [1.807, 2.05) is 13.1 Å². The van der Waals surface area contributed by atoms with Crippen LogP contribution in [0, 0.1) is 0 Å². The van der Waals surface area contributed by atoms with E-state index in [4.69, 9.17) is 5.73 Å². The maximum atomic E-state index is 5.67. The van der Waals surface area contributed by atoms with E-state index in [2.05, 4.69) is 24.0 Å². The van der Waals surface area contributed by atoms with Gasteiger partial charge in [0.15, 0.2) is 0 Å². The Kier molecular flexibility index (Phi) is 3.90. The number of hydrogen-bond donors (Lipinski definition) is 1. The molecule has 13 heavy (non-hydrogen) atoms. The van der Waals surface area contributed by atoms with Gasteiger partial charge in [-0.1, -0.05) is 13.0 Å². The largest absolute Gasteiger partial charge is 0.328 e. The summed E-state index contributed by atoms with van der Waals surface area (Å²) in [5.74, 6) is 0. The smallest absolute Gasteiger partial charge is 0.0404 e. The van der Waals surface area contributed by atoms with E-state index >= 15 is 0 Å². The van der Waals surface area contributed by atoms with Gasteiger partial charge in [-0.15, -0.1) is 0 Å². The highest BCUT2D eigenvalue weighted by molar-refractivity contribution is 5.13. The molecule has 0 aliphatic heterocycles. The molecule has 0 spiro atoms. The Morgan fingerprint density at radius 3 is 2.69 bits per heavy atom. The Labute approximate surface area is 80.2 Å². The molecule has 1 rings (SSSR count). The summed E-state index contributed by atoms with van der Waals surface area (Å²) in [5, 5.41) is 0. The van der Waals surface area contributed by atoms with Crippen molar-refractivity contribution in [3.63, 3.8) is 0 Å². The number of nitrogens with zero attached hydrogens (tertiary/aromatic N) is 1. The number of aryl methyl sites for hydroxylation is 2. The third-order valence-electron chi connectivity index (χ3n) is 2.15. The highest BCUT2D eigenvalue weighted by Crippen LogP contribution is 2.04. The van der Waals surface area contributed by atoms with Gasteiger partial charge >= 0.3 is 0 Å². The lowest BCUT2D eigenvalue weighted by molar-refractivity contribution is 0.658. The van der Waals surface area contributed by atoms with Crippen LogP contribution in [0.15, 0.2) is 18.3 Å². The van der Waals surface area contributed by atoms with Gasteiger partial charge in [0, 0.05) is 17.9 Å². The molecule has 0 radical (unpaired) electrons. The van der Waals surface area contributed by atoms with E-state index in [1.54, 1.807) is 0 Å². The summed E-state index contributed by atoms with van der Waals surface area (Å²) in [6.45, 7) is 4.17. The maximum Gasteiger partial charge on any atom is 0.0404 e. The van der Waals surface area contributed by atoms with E-state index in [-0.39, 0.29) is 6.04 Å². The zero-order chi connectivity index (χ0) is 9.68. The summed E-state index contributed by atoms with van der Waals surface area (Å²) in [6.07, 6.45) is 5.01. The fraction of sp³-hybridized carbons (Fsp3) is 0.545. The van der Waals surface area contributed by atoms with Crippen molar-refractivity contribution in [2.45, 2.75) is 39.2 Å². The zero-order valence-electron chi connectivity index (χ0n) is 8.46. The molecule has 1 aromatic heterocycles. The summed E-state index contributed by atoms with van der Waals surface area (Å²) in [4.78, 5) is 4.37. The third kappa shape index (κ3) is 3.55. The molecular formula is C11H18N2. The minimum atomic E-state index is 0.271. The van der Waals surface area contributed by atoms with E-state index in [9.17, 15) is 0 Å². The van der Waals surface area contributed by atoms with Gasteiger partial charge in [0.25, 0.3) is 0 Å². The summed E-state index contributed by atoms with van der Waals surface area (Å²) in [6, 6.07) is 4.51. The van der Waals surface area contributed by atoms with Crippen molar-refractivity contribution >= 4 is 0 Å². The number of aromatic nitrogens is 1. The van der Waals surface area contributed by atoms with Gasteiger partial charge in [-0.2, -0.15) is 0 Å². The van der Waals surface area contributed by atoms with Crippen LogP contribution in [0.5, 0.6) is 0 Å². The van der Waals surface area contributed by atoms with Gasteiger partial charge in [0.2, 0.25) is 0 Å². The van der Waals surface area contributed by atoms with Crippen LogP contribution < -0.4 is 5.73 Å². The van der Waals surface area contributed by atoms with Gasteiger partial charge in [-0.05, 0) is 37.8 Å². The minimum absolute atomic E-state index is 0.271. The van der Waals surface area contributed by atoms with Crippen LogP contribution in [-0.2, 0) is 12.8 Å². The van der Waals surface area contributed by atoms with Crippen LogP contribution in [0.3, 0.4) is 0 Å². The SMILES string of the molecule is CCc1ccc(CC[C@@H](C)N)nc1. The second-order valence-electron chi connectivity index (χ2n) is 3.53. The van der Waals surface area contributed by atoms with E-state index in [1.165, 1.54) is 5.56 Å². The Balaban J connectivity index is 2.49. The fourth-order valence-corrected chi connectivity index (χ4v) is 1.19. The first-order chi connectivity index (χ1) is 6.22. The molecule has 72 valence electrons. The summed E-state index contributed by atoms with van der Waals surface area (Å²) in [7, 11) is 0. The van der Waals surface area contributed by atoms with Crippen molar-refractivity contribution in [1.29, 1.82) is 0 Å². The summed E-state index contributed by atoms with van der Waals surface area (Å²) >= 11 is 0. The molecule has 1 aromatic rings. The van der Waals surface area contributed by atoms with Crippen LogP contribution in [0.25, 0.3) is 0 Å². The molecule has 0 amide bonds. The quantitative estimate of drug-likeness (QED) is 0.765. The lowest BCUT2D eigenvalue weighted by Gasteiger charge is -2.04. The van der Waals surface area contributed by atoms with Crippen molar-refractivity contribution in [1.82, 2.24) is 4.98 Å². The lowest BCUT2D eigenvalue weighted by Crippen LogP contribution is -2.15. The fourth-order valence-electron chi connectivity index (χ4n) is 1.19. The van der Waals surface area contributed by atoms with E-state index < -0.39 is 0 Å². The Morgan fingerprint density at radius 1 is 1.46 bits per heavy atom. The molecule has 0 aliphatic rings. The van der Waals surface area contributed by atoms with Gasteiger partial charge in [-0.25, -0.2) is 0 Å². The molecule has 0 unspecified atom stereocenters. The predicted molar refractivity (Wildman–Crippen MR) is 55.6 cm³/mol. The van der Waals surface area contributed by atoms with Crippen LogP contribution >= 0.6 is 0 Å². The highest BCUT2D eigenvalue weighted by atomic mass is 14.7. The first-order valence-electron chi connectivity index (χ1n) is 4.91. The van der Waals surface area contributed by atoms with Crippen molar-refractivity contribution < 1.29 is 0 Å². The normalized spacial score (nSPS) is 12.8. The maximum absolute atomic E-state index is 5.67. The first kappa shape index (κ1) is 10.2. The topological polar surface area (TPSA) is 38.9 Å². The molecule has 1 heterocycles. The molecular weight excluding hydrogens is 160 g/mol. The lowest BCUT2D eigenvalue weighted by atomic mass is 10.1. The monoisotopic (exact) mass is 178 g/mol. The molecule has 0 aliphatic carbocycles. The third-order valence-corrected chi connectivity index (χ3v) is 2.15. The van der Waals surface area contributed by atoms with Crippen LogP contribution in [0.4, 0.5) is 0 Å². The van der Waals surface area contributed by atoms with Crippen molar-refractivity contribution in [2.24, 2.45) is 5.73 Å². The molecule has 0 aromatic carbocycles. The Hall–Kier alpha value is -0.890. The first-order valence-corrected chi connectivity index (χ1v) is 4.91. The highest BCUT2D eigenvalue weighted by Gasteiger charge is 1.97. The Bertz CT molecular complexity index is 239. The Morgan fingerprint density at radius 2 is 2.23 bits per heavy atom. The van der Waals surface area contributed by atoms with Gasteiger partial charge in [0.1, 0.15) is 0 Å². The number of rotatable bonds is 4. The van der Waals surface area contributed by atoms with Crippen molar-refractivity contribution in [3.8, 4) is 0 Å². The average molecular weight is 178 g/mol. The molecule has 2 N–H and O–H groups in total. The number of nitrogens with two attached hydrogens (primary N) is 1. The molecule has 0 bridgehead atoms. The van der Waals surface area contributed by atoms with Crippen molar-refractivity contribution in [3.05, 3.63) is 29.6 Å². The second kappa shape index (κ2) is 4.97. The average Bonchev–Trinajstić information content (AvgIpc) is 2.15. The van der Waals surface area contributed by atoms with Crippen LogP contribution in [0.1, 0.15) is 31.5 Å². The molecule has 1 atom stereocenters. The molecule has 2 nitrogen and oxygen atoms in total. The van der Waals surface area contributed by atoms with Crippen LogP contribution in [0.2, 0.25) is 0 Å². The van der Waals surface area contributed by atoms with Gasteiger partial charge < -0.3 is 5.73 Å². The summed E-state index contributed by atoms with van der Waals surface area (Å²) in [5.41, 5.74) is 8.11. The second-order valence-corrected chi connectivity index (χ2v) is 3.53. The zero-order valence-corrected chi connectivity index (χ0v) is 8.46. The minimum Gasteiger partial charge on any atom is -0.328 e. The van der Waals surface area contributed by atoms with E-state index in [0.717, 1.165) is 25.0 Å². The molecule has 0 fully saturated rings. The standard InChI is InChI=1S/C11H18N2/c1-3-10-5-7-11(13-8-10)6-4-9(2)12/h5,7-9H,3-4,6,12H2,1-2H3/t9-/m1/s1. The van der Waals surface area contributed by atoms with Crippen LogP contribution in [-0.4, -0.2) is 11.0 Å². The number of pyridine rings is 1. The van der Waals surface area contributed by atoms with Gasteiger partial charge in [0.05, 0.1) is 0 Å². The molecule has 2 heteroatoms.